The van der Waals surface area contributed by atoms with Gasteiger partial charge < -0.3 is 14.5 Å². The number of cyclic esters (lactones) is 1. The summed E-state index contributed by atoms with van der Waals surface area (Å²) in [4.78, 5) is 55.4. The predicted molar refractivity (Wildman–Crippen MR) is 172 cm³/mol. The van der Waals surface area contributed by atoms with Gasteiger partial charge in [0.05, 0.1) is 24.4 Å². The summed E-state index contributed by atoms with van der Waals surface area (Å²) in [6, 6.07) is 0. The van der Waals surface area contributed by atoms with Crippen molar-refractivity contribution in [3.63, 3.8) is 0 Å². The first kappa shape index (κ1) is 39.0. The van der Waals surface area contributed by atoms with Crippen LogP contribution in [-0.2, 0) is 23.9 Å². The van der Waals surface area contributed by atoms with Gasteiger partial charge in [-0.1, -0.05) is 41.5 Å². The molecule has 3 heterocycles. The standard InChI is InChI=1S/C12H22O.C8H16N2O.C7H14N2O.C6H11NO2/c1-8-7-11(3,4)9(2)10(13)12(8,5)6;1-5-10-6-9(4)8(2,3)7(10)11;1-7(2)6(10)8(3)5-9(7)4;1-6(2)5(8)9-4-7(6)3/h8-9H,7H2,1-6H3;5-6H2,1-4H3;5H2,1-4H3;4H2,1-3H3. The van der Waals surface area contributed by atoms with Crippen molar-refractivity contribution >= 4 is 23.6 Å². The van der Waals surface area contributed by atoms with Crippen LogP contribution in [0.15, 0.2) is 0 Å². The van der Waals surface area contributed by atoms with Crippen molar-refractivity contribution in [1.29, 1.82) is 0 Å². The number of rotatable bonds is 1. The van der Waals surface area contributed by atoms with E-state index < -0.39 is 5.54 Å². The molecule has 1 saturated carbocycles. The van der Waals surface area contributed by atoms with E-state index in [1.54, 1.807) is 4.90 Å². The number of carbonyl (C=O) groups excluding carboxylic acids is 4. The molecule has 2 amide bonds. The maximum absolute atomic E-state index is 12.1. The Morgan fingerprint density at radius 3 is 1.40 bits per heavy atom. The van der Waals surface area contributed by atoms with E-state index in [1.165, 1.54) is 0 Å². The second kappa shape index (κ2) is 13.5. The molecular formula is C33H63N5O5. The molecule has 43 heavy (non-hydrogen) atoms. The fourth-order valence-corrected chi connectivity index (χ4v) is 5.51. The smallest absolute Gasteiger partial charge is 0.327 e. The van der Waals surface area contributed by atoms with Gasteiger partial charge in [-0.05, 0) is 87.4 Å². The maximum atomic E-state index is 12.1. The van der Waals surface area contributed by atoms with Crippen LogP contribution >= 0.6 is 0 Å². The summed E-state index contributed by atoms with van der Waals surface area (Å²) < 4.78 is 4.77. The molecule has 4 aliphatic rings. The van der Waals surface area contributed by atoms with Crippen LogP contribution < -0.4 is 0 Å². The fraction of sp³-hybridized carbons (Fsp3) is 0.879. The van der Waals surface area contributed by atoms with Crippen molar-refractivity contribution in [2.24, 2.45) is 22.7 Å². The Bertz CT molecular complexity index is 1030. The van der Waals surface area contributed by atoms with Gasteiger partial charge >= 0.3 is 5.97 Å². The van der Waals surface area contributed by atoms with Crippen molar-refractivity contribution in [2.75, 3.05) is 54.8 Å². The predicted octanol–water partition coefficient (Wildman–Crippen LogP) is 4.14. The largest absolute Gasteiger partial charge is 0.448 e. The Morgan fingerprint density at radius 1 is 0.698 bits per heavy atom. The fourth-order valence-electron chi connectivity index (χ4n) is 5.51. The zero-order valence-corrected chi connectivity index (χ0v) is 30.5. The summed E-state index contributed by atoms with van der Waals surface area (Å²) in [5.41, 5.74) is -0.939. The van der Waals surface area contributed by atoms with Gasteiger partial charge in [0.25, 0.3) is 0 Å². The Balaban J connectivity index is 0.000000289. The zero-order valence-electron chi connectivity index (χ0n) is 30.5. The highest BCUT2D eigenvalue weighted by atomic mass is 16.6. The number of hydrogen-bond donors (Lipinski definition) is 0. The monoisotopic (exact) mass is 609 g/mol. The van der Waals surface area contributed by atoms with Gasteiger partial charge in [-0.15, -0.1) is 0 Å². The topological polar surface area (TPSA) is 93.7 Å². The average Bonchev–Trinajstić information content (AvgIpc) is 3.33. The quantitative estimate of drug-likeness (QED) is 0.410. The average molecular weight is 610 g/mol. The van der Waals surface area contributed by atoms with Gasteiger partial charge in [-0.2, -0.15) is 0 Å². The lowest BCUT2D eigenvalue weighted by molar-refractivity contribution is -0.144. The van der Waals surface area contributed by atoms with E-state index in [4.69, 9.17) is 4.74 Å². The van der Waals surface area contributed by atoms with Crippen LogP contribution in [0.4, 0.5) is 0 Å². The Kier molecular flexibility index (Phi) is 12.3. The molecule has 3 aliphatic heterocycles. The van der Waals surface area contributed by atoms with Crippen molar-refractivity contribution in [3.8, 4) is 0 Å². The second-order valence-electron chi connectivity index (χ2n) is 15.7. The molecule has 0 spiro atoms. The number of carbonyl (C=O) groups is 4. The molecule has 0 aromatic carbocycles. The summed E-state index contributed by atoms with van der Waals surface area (Å²) in [7, 11) is 7.63. The molecule has 3 saturated heterocycles. The highest BCUT2D eigenvalue weighted by molar-refractivity contribution is 5.88. The van der Waals surface area contributed by atoms with Gasteiger partial charge in [0, 0.05) is 24.9 Å². The molecule has 2 atom stereocenters. The maximum Gasteiger partial charge on any atom is 0.327 e. The summed E-state index contributed by atoms with van der Waals surface area (Å²) >= 11 is 0. The number of nitrogens with zero attached hydrogens (tertiary/aromatic N) is 5. The van der Waals surface area contributed by atoms with E-state index in [0.29, 0.717) is 18.4 Å². The molecule has 0 radical (unpaired) electrons. The first-order chi connectivity index (χ1) is 19.2. The van der Waals surface area contributed by atoms with Crippen molar-refractivity contribution in [2.45, 2.75) is 113 Å². The van der Waals surface area contributed by atoms with Crippen LogP contribution in [0.3, 0.4) is 0 Å². The highest BCUT2D eigenvalue weighted by Crippen LogP contribution is 2.49. The van der Waals surface area contributed by atoms with Crippen LogP contribution in [0.5, 0.6) is 0 Å². The van der Waals surface area contributed by atoms with E-state index in [2.05, 4.69) is 46.4 Å². The lowest BCUT2D eigenvalue weighted by atomic mass is 9.56. The minimum absolute atomic E-state index is 0.116. The summed E-state index contributed by atoms with van der Waals surface area (Å²) in [5, 5.41) is 0. The molecule has 0 N–H and O–H groups in total. The lowest BCUT2D eigenvalue weighted by Gasteiger charge is -2.47. The molecule has 4 fully saturated rings. The first-order valence-corrected chi connectivity index (χ1v) is 15.6. The van der Waals surface area contributed by atoms with E-state index in [-0.39, 0.29) is 45.6 Å². The molecule has 4 rings (SSSR count). The molecule has 0 aromatic heterocycles. The number of amides is 2. The first-order valence-electron chi connectivity index (χ1n) is 15.6. The van der Waals surface area contributed by atoms with E-state index in [0.717, 1.165) is 26.3 Å². The van der Waals surface area contributed by atoms with Crippen LogP contribution in [-0.4, -0.2) is 119 Å². The summed E-state index contributed by atoms with van der Waals surface area (Å²) in [5.74, 6) is 1.46. The van der Waals surface area contributed by atoms with Gasteiger partial charge in [-0.3, -0.25) is 33.9 Å². The Morgan fingerprint density at radius 2 is 1.16 bits per heavy atom. The number of hydrogen-bond acceptors (Lipinski definition) is 8. The third-order valence-electron chi connectivity index (χ3n) is 10.9. The molecule has 10 heteroatoms. The van der Waals surface area contributed by atoms with Gasteiger partial charge in [0.2, 0.25) is 11.8 Å². The molecule has 1 aliphatic carbocycles. The van der Waals surface area contributed by atoms with Crippen LogP contribution in [0, 0.1) is 22.7 Å². The Hall–Kier alpha value is -2.04. The summed E-state index contributed by atoms with van der Waals surface area (Å²) in [6.45, 7) is 29.1. The number of esters is 1. The third kappa shape index (κ3) is 8.17. The van der Waals surface area contributed by atoms with Crippen molar-refractivity contribution in [3.05, 3.63) is 0 Å². The molecule has 10 nitrogen and oxygen atoms in total. The van der Waals surface area contributed by atoms with Crippen LogP contribution in [0.1, 0.15) is 96.4 Å². The number of ether oxygens (including phenoxy) is 1. The molecule has 0 bridgehead atoms. The summed E-state index contributed by atoms with van der Waals surface area (Å²) in [6.07, 6.45) is 1.16. The van der Waals surface area contributed by atoms with Crippen LogP contribution in [0.2, 0.25) is 0 Å². The Labute approximate surface area is 262 Å². The highest BCUT2D eigenvalue weighted by Gasteiger charge is 2.48. The SMILES string of the molecule is CC1C(=O)C(C)(C)C(C)CC1(C)C.CCN1CN(C)C(C)(C)C1=O.CN1CN(C)C(C)(C)C1=O.CN1COC(=O)C1(C)C. The third-order valence-corrected chi connectivity index (χ3v) is 10.9. The van der Waals surface area contributed by atoms with E-state index >= 15 is 0 Å². The number of ketones is 1. The molecular weight excluding hydrogens is 546 g/mol. The number of likely N-dealkylation sites (N-methyl/N-ethyl adjacent to an activating group) is 5. The van der Waals surface area contributed by atoms with E-state index in [9.17, 15) is 19.2 Å². The molecule has 0 aromatic rings. The van der Waals surface area contributed by atoms with Gasteiger partial charge in [-0.25, -0.2) is 0 Å². The molecule has 250 valence electrons. The van der Waals surface area contributed by atoms with Crippen molar-refractivity contribution < 1.29 is 23.9 Å². The van der Waals surface area contributed by atoms with E-state index in [1.807, 2.05) is 91.4 Å². The van der Waals surface area contributed by atoms with Gasteiger partial charge in [0.1, 0.15) is 18.1 Å². The van der Waals surface area contributed by atoms with Gasteiger partial charge in [0.15, 0.2) is 0 Å². The minimum Gasteiger partial charge on any atom is -0.448 e. The molecule has 2 unspecified atom stereocenters. The number of Topliss-reactive ketones (excluding diaryl/α,β-unsaturated/α-hetero) is 1. The van der Waals surface area contributed by atoms with Crippen molar-refractivity contribution in [1.82, 2.24) is 24.5 Å². The van der Waals surface area contributed by atoms with Crippen LogP contribution in [0.25, 0.3) is 0 Å². The lowest BCUT2D eigenvalue weighted by Crippen LogP contribution is -2.48. The normalized spacial score (nSPS) is 29.2. The minimum atomic E-state index is -0.417. The second-order valence-corrected chi connectivity index (χ2v) is 15.7. The zero-order chi connectivity index (χ0) is 34.1.